The molecule has 0 aromatic heterocycles. The summed E-state index contributed by atoms with van der Waals surface area (Å²) in [6.07, 6.45) is 0. The second kappa shape index (κ2) is 7.40. The smallest absolute Gasteiger partial charge is 0.333 e. The van der Waals surface area contributed by atoms with Crippen LogP contribution in [0.4, 0.5) is 9.18 Å². The molecule has 3 amide bonds. The Morgan fingerprint density at radius 2 is 1.82 bits per heavy atom. The van der Waals surface area contributed by atoms with Gasteiger partial charge in [-0.15, -0.1) is 0 Å². The third-order valence-electron chi connectivity index (χ3n) is 5.35. The van der Waals surface area contributed by atoms with Crippen molar-refractivity contribution < 1.29 is 23.3 Å². The second-order valence-corrected chi connectivity index (χ2v) is 7.17. The molecule has 0 aliphatic carbocycles. The first-order chi connectivity index (χ1) is 13.5. The van der Waals surface area contributed by atoms with Gasteiger partial charge in [0.15, 0.2) is 0 Å². The maximum absolute atomic E-state index is 13.3. The summed E-state index contributed by atoms with van der Waals surface area (Å²) in [5, 5.41) is 0. The van der Waals surface area contributed by atoms with Crippen LogP contribution in [0.5, 0.6) is 0 Å². The third-order valence-corrected chi connectivity index (χ3v) is 5.35. The summed E-state index contributed by atoms with van der Waals surface area (Å²) in [6.45, 7) is 3.84. The molecule has 0 spiro atoms. The van der Waals surface area contributed by atoms with Gasteiger partial charge in [0.2, 0.25) is 0 Å². The quantitative estimate of drug-likeness (QED) is 0.699. The van der Waals surface area contributed by atoms with Gasteiger partial charge in [0.25, 0.3) is 17.8 Å². The van der Waals surface area contributed by atoms with Crippen LogP contribution in [0.1, 0.15) is 5.56 Å². The van der Waals surface area contributed by atoms with E-state index in [-0.39, 0.29) is 11.7 Å². The molecule has 0 radical (unpaired) electrons. The summed E-state index contributed by atoms with van der Waals surface area (Å²) in [6, 6.07) is 5.15. The first-order valence-electron chi connectivity index (χ1n) is 9.26. The van der Waals surface area contributed by atoms with Crippen LogP contribution >= 0.6 is 0 Å². The number of likely N-dealkylation sites (N-methyl/N-ethyl adjacent to an activating group) is 2. The van der Waals surface area contributed by atoms with Crippen molar-refractivity contribution in [3.63, 3.8) is 0 Å². The van der Waals surface area contributed by atoms with Crippen molar-refractivity contribution in [2.45, 2.75) is 12.6 Å². The van der Waals surface area contributed by atoms with Crippen molar-refractivity contribution in [2.24, 2.45) is 4.99 Å². The number of fused-ring (bicyclic) bond motifs is 1. The van der Waals surface area contributed by atoms with Gasteiger partial charge in [0.1, 0.15) is 18.9 Å². The van der Waals surface area contributed by atoms with E-state index >= 15 is 0 Å². The summed E-state index contributed by atoms with van der Waals surface area (Å²) in [5.74, 6) is 0.562. The highest BCUT2D eigenvalue weighted by atomic mass is 19.1. The Morgan fingerprint density at radius 3 is 2.50 bits per heavy atom. The van der Waals surface area contributed by atoms with Gasteiger partial charge in [-0.05, 0) is 22.7 Å². The fourth-order valence-electron chi connectivity index (χ4n) is 3.70. The van der Waals surface area contributed by atoms with Crippen molar-refractivity contribution in [2.75, 3.05) is 46.9 Å². The number of halogens is 1. The third kappa shape index (κ3) is 3.31. The number of hydrogen-bond acceptors (Lipinski definition) is 5. The first kappa shape index (κ1) is 18.7. The molecule has 1 atom stereocenters. The van der Waals surface area contributed by atoms with E-state index in [1.54, 1.807) is 19.2 Å². The van der Waals surface area contributed by atoms with E-state index in [0.717, 1.165) is 29.4 Å². The van der Waals surface area contributed by atoms with Gasteiger partial charge in [0, 0.05) is 27.2 Å². The number of amidine groups is 2. The fourth-order valence-corrected chi connectivity index (χ4v) is 3.70. The number of rotatable bonds is 4. The van der Waals surface area contributed by atoms with Crippen molar-refractivity contribution in [3.8, 4) is 0 Å². The van der Waals surface area contributed by atoms with E-state index in [1.165, 1.54) is 24.1 Å². The molecule has 3 heterocycles. The SMILES string of the molecule is CN1C(=O)C2C(=NC(CN3CCOCC3)=[N+]2Cc2ccc(F)cc2)N(C)C1=O. The average molecular weight is 388 g/mol. The van der Waals surface area contributed by atoms with E-state index in [2.05, 4.69) is 9.89 Å². The van der Waals surface area contributed by atoms with Gasteiger partial charge in [-0.2, -0.15) is 0 Å². The van der Waals surface area contributed by atoms with E-state index < -0.39 is 12.1 Å². The molecule has 2 saturated heterocycles. The van der Waals surface area contributed by atoms with Crippen molar-refractivity contribution >= 4 is 23.6 Å². The van der Waals surface area contributed by atoms with Crippen LogP contribution in [0, 0.1) is 5.82 Å². The van der Waals surface area contributed by atoms with Gasteiger partial charge >= 0.3 is 11.9 Å². The largest absolute Gasteiger partial charge is 0.379 e. The standard InChI is InChI=1S/C19H23FN5O3/c1-22-17-16(18(26)23(2)19(22)27)25(11-13-3-5-14(20)6-4-13)15(21-17)12-24-7-9-28-10-8-24/h3-6,16H,7-12H2,1-2H3/q+1. The highest BCUT2D eigenvalue weighted by molar-refractivity contribution is 6.23. The molecule has 4 rings (SSSR count). The molecule has 1 unspecified atom stereocenters. The normalized spacial score (nSPS) is 23.4. The van der Waals surface area contributed by atoms with Crippen LogP contribution in [0.15, 0.2) is 29.3 Å². The summed E-state index contributed by atoms with van der Waals surface area (Å²) in [7, 11) is 3.11. The predicted molar refractivity (Wildman–Crippen MR) is 99.8 cm³/mol. The van der Waals surface area contributed by atoms with E-state index in [4.69, 9.17) is 4.74 Å². The minimum absolute atomic E-state index is 0.305. The number of aliphatic imine (C=N–C) groups is 1. The number of imide groups is 1. The molecule has 0 saturated carbocycles. The molecule has 2 fully saturated rings. The maximum Gasteiger partial charge on any atom is 0.333 e. The van der Waals surface area contributed by atoms with Crippen molar-refractivity contribution in [1.29, 1.82) is 0 Å². The lowest BCUT2D eigenvalue weighted by atomic mass is 10.1. The molecular formula is C19H23FN5O3+. The number of urea groups is 1. The highest BCUT2D eigenvalue weighted by Crippen LogP contribution is 2.21. The van der Waals surface area contributed by atoms with Gasteiger partial charge in [-0.3, -0.25) is 19.5 Å². The first-order valence-corrected chi connectivity index (χ1v) is 9.26. The van der Waals surface area contributed by atoms with Gasteiger partial charge in [-0.25, -0.2) is 13.8 Å². The molecule has 3 aliphatic rings. The molecule has 28 heavy (non-hydrogen) atoms. The molecular weight excluding hydrogens is 365 g/mol. The van der Waals surface area contributed by atoms with Gasteiger partial charge in [0.05, 0.1) is 13.2 Å². The molecule has 8 nitrogen and oxygen atoms in total. The molecule has 0 bridgehead atoms. The summed E-state index contributed by atoms with van der Waals surface area (Å²) >= 11 is 0. The lowest BCUT2D eigenvalue weighted by molar-refractivity contribution is -0.552. The Hall–Kier alpha value is -2.65. The number of nitrogens with zero attached hydrogens (tertiary/aromatic N) is 5. The van der Waals surface area contributed by atoms with Crippen molar-refractivity contribution in [1.82, 2.24) is 14.7 Å². The van der Waals surface area contributed by atoms with Gasteiger partial charge in [-0.1, -0.05) is 12.1 Å². The number of hydrogen-bond donors (Lipinski definition) is 0. The number of amides is 3. The minimum atomic E-state index is -0.659. The van der Waals surface area contributed by atoms with E-state index in [0.29, 0.717) is 32.1 Å². The van der Waals surface area contributed by atoms with Crippen LogP contribution in [0.3, 0.4) is 0 Å². The molecule has 1 aromatic rings. The summed E-state index contributed by atoms with van der Waals surface area (Å²) in [5.41, 5.74) is 0.868. The molecule has 0 N–H and O–H groups in total. The zero-order chi connectivity index (χ0) is 19.8. The predicted octanol–water partition coefficient (Wildman–Crippen LogP) is 0.373. The van der Waals surface area contributed by atoms with Gasteiger partial charge < -0.3 is 4.74 Å². The molecule has 3 aliphatic heterocycles. The number of benzene rings is 1. The van der Waals surface area contributed by atoms with Crippen LogP contribution < -0.4 is 0 Å². The molecule has 9 heteroatoms. The lowest BCUT2D eigenvalue weighted by Crippen LogP contribution is -2.61. The number of ether oxygens (including phenoxy) is 1. The summed E-state index contributed by atoms with van der Waals surface area (Å²) < 4.78 is 20.6. The minimum Gasteiger partial charge on any atom is -0.379 e. The lowest BCUT2D eigenvalue weighted by Gasteiger charge is -2.30. The Bertz CT molecular complexity index is 861. The zero-order valence-corrected chi connectivity index (χ0v) is 16.0. The van der Waals surface area contributed by atoms with E-state index in [9.17, 15) is 14.0 Å². The number of carbonyl (C=O) groups is 2. The number of morpholine rings is 1. The Balaban J connectivity index is 1.69. The Morgan fingerprint density at radius 1 is 1.14 bits per heavy atom. The Labute approximate surface area is 162 Å². The van der Waals surface area contributed by atoms with Crippen molar-refractivity contribution in [3.05, 3.63) is 35.6 Å². The van der Waals surface area contributed by atoms with Crippen LogP contribution in [-0.4, -0.2) is 95.9 Å². The number of carbonyl (C=O) groups excluding carboxylic acids is 2. The average Bonchev–Trinajstić information content (AvgIpc) is 3.05. The highest BCUT2D eigenvalue weighted by Gasteiger charge is 2.53. The second-order valence-electron chi connectivity index (χ2n) is 7.17. The van der Waals surface area contributed by atoms with Crippen LogP contribution in [0.2, 0.25) is 0 Å². The fraction of sp³-hybridized carbons (Fsp3) is 0.474. The monoisotopic (exact) mass is 388 g/mol. The topological polar surface area (TPSA) is 68.5 Å². The molecule has 1 aromatic carbocycles. The summed E-state index contributed by atoms with van der Waals surface area (Å²) in [4.78, 5) is 34.7. The van der Waals surface area contributed by atoms with Crippen LogP contribution in [0.25, 0.3) is 0 Å². The van der Waals surface area contributed by atoms with Crippen LogP contribution in [-0.2, 0) is 16.1 Å². The maximum atomic E-state index is 13.3. The molecule has 148 valence electrons. The zero-order valence-electron chi connectivity index (χ0n) is 16.0. The Kier molecular flexibility index (Phi) is 4.94. The van der Waals surface area contributed by atoms with E-state index in [1.807, 2.05) is 4.58 Å².